The summed E-state index contributed by atoms with van der Waals surface area (Å²) in [4.78, 5) is 12.4. The number of nitrogens with one attached hydrogen (secondary N) is 1. The van der Waals surface area contributed by atoms with E-state index in [4.69, 9.17) is 4.74 Å². The van der Waals surface area contributed by atoms with E-state index in [0.717, 1.165) is 6.07 Å². The van der Waals surface area contributed by atoms with Gasteiger partial charge in [-0.05, 0) is 86.0 Å². The van der Waals surface area contributed by atoms with E-state index in [0.29, 0.717) is 26.6 Å². The second-order valence-electron chi connectivity index (χ2n) is 6.90. The second-order valence-corrected chi connectivity index (χ2v) is 8.61. The fourth-order valence-corrected chi connectivity index (χ4v) is 3.93. The van der Waals surface area contributed by atoms with Gasteiger partial charge in [0.25, 0.3) is 5.91 Å². The van der Waals surface area contributed by atoms with E-state index >= 15 is 0 Å². The summed E-state index contributed by atoms with van der Waals surface area (Å²) in [6.45, 7) is 0. The molecule has 35 heavy (non-hydrogen) atoms. The van der Waals surface area contributed by atoms with Gasteiger partial charge in [0, 0.05) is 5.56 Å². The minimum absolute atomic E-state index is 0.0140. The van der Waals surface area contributed by atoms with Crippen LogP contribution in [0, 0.1) is 0 Å². The molecule has 1 amide bonds. The lowest BCUT2D eigenvalue weighted by molar-refractivity contribution is -0.143. The van der Waals surface area contributed by atoms with Gasteiger partial charge in [0.05, 0.1) is 26.3 Å². The molecule has 2 N–H and O–H groups in total. The van der Waals surface area contributed by atoms with Gasteiger partial charge in [-0.15, -0.1) is 0 Å². The highest BCUT2D eigenvalue weighted by atomic mass is 79.9. The molecule has 0 unspecified atom stereocenters. The Hall–Kier alpha value is -3.06. The molecule has 3 aromatic rings. The van der Waals surface area contributed by atoms with Gasteiger partial charge in [0.15, 0.2) is 0 Å². The number of hydrazone groups is 1. The average molecular weight is 626 g/mol. The Morgan fingerprint density at radius 1 is 0.886 bits per heavy atom. The van der Waals surface area contributed by atoms with E-state index in [2.05, 4.69) is 42.4 Å². The first-order chi connectivity index (χ1) is 16.2. The molecule has 0 atom stereocenters. The van der Waals surface area contributed by atoms with Crippen LogP contribution in [0.1, 0.15) is 27.0 Å². The van der Waals surface area contributed by atoms with Crippen LogP contribution >= 0.6 is 31.9 Å². The number of rotatable bonds is 5. The molecule has 0 aliphatic heterocycles. The average Bonchev–Trinajstić information content (AvgIpc) is 2.76. The van der Waals surface area contributed by atoms with Gasteiger partial charge >= 0.3 is 12.4 Å². The molecule has 0 heterocycles. The number of alkyl halides is 6. The number of hydrogen-bond acceptors (Lipinski definition) is 4. The topological polar surface area (TPSA) is 70.9 Å². The number of amides is 1. The van der Waals surface area contributed by atoms with E-state index in [-0.39, 0.29) is 23.1 Å². The molecule has 0 bridgehead atoms. The van der Waals surface area contributed by atoms with Crippen LogP contribution in [0.15, 0.2) is 68.6 Å². The van der Waals surface area contributed by atoms with Gasteiger partial charge in [0.1, 0.15) is 17.2 Å². The molecule has 0 saturated heterocycles. The molecular weight excluding hydrogens is 614 g/mol. The Kier molecular flexibility index (Phi) is 7.80. The number of hydrogen-bond donors (Lipinski definition) is 2. The zero-order valence-electron chi connectivity index (χ0n) is 17.0. The Bertz CT molecular complexity index is 1240. The van der Waals surface area contributed by atoms with Gasteiger partial charge in [0.2, 0.25) is 0 Å². The van der Waals surface area contributed by atoms with Crippen LogP contribution in [0.3, 0.4) is 0 Å². The molecule has 0 radical (unpaired) electrons. The fraction of sp³-hybridized carbons (Fsp3) is 0.0909. The van der Waals surface area contributed by atoms with Crippen LogP contribution in [-0.2, 0) is 12.4 Å². The SMILES string of the molecule is O=C(N/N=C/c1cc(Br)c(O)c(Br)c1)c1cccc(Oc2cc(C(F)(F)F)cc(C(F)(F)F)c2)c1. The number of carbonyl (C=O) groups is 1. The Morgan fingerprint density at radius 3 is 2.00 bits per heavy atom. The largest absolute Gasteiger partial charge is 0.506 e. The summed E-state index contributed by atoms with van der Waals surface area (Å²) in [6, 6.07) is 8.99. The van der Waals surface area contributed by atoms with Gasteiger partial charge < -0.3 is 9.84 Å². The third-order valence-corrected chi connectivity index (χ3v) is 5.52. The van der Waals surface area contributed by atoms with Gasteiger partial charge in [-0.2, -0.15) is 31.4 Å². The fourth-order valence-electron chi connectivity index (χ4n) is 2.71. The third kappa shape index (κ3) is 6.98. The summed E-state index contributed by atoms with van der Waals surface area (Å²) >= 11 is 6.30. The highest BCUT2D eigenvalue weighted by Gasteiger charge is 2.37. The van der Waals surface area contributed by atoms with Crippen molar-refractivity contribution in [1.29, 1.82) is 0 Å². The summed E-state index contributed by atoms with van der Waals surface area (Å²) in [5, 5.41) is 13.5. The molecule has 0 saturated carbocycles. The van der Waals surface area contributed by atoms with Crippen molar-refractivity contribution >= 4 is 44.0 Å². The van der Waals surface area contributed by atoms with Crippen LogP contribution in [0.4, 0.5) is 26.3 Å². The van der Waals surface area contributed by atoms with Crippen LogP contribution in [0.2, 0.25) is 0 Å². The quantitative estimate of drug-likeness (QED) is 0.175. The molecular formula is C22H12Br2F6N2O3. The normalized spacial score (nSPS) is 12.1. The number of halogens is 8. The van der Waals surface area contributed by atoms with E-state index < -0.39 is 35.1 Å². The van der Waals surface area contributed by atoms with Gasteiger partial charge in [-0.3, -0.25) is 4.79 Å². The third-order valence-electron chi connectivity index (χ3n) is 4.31. The number of aromatic hydroxyl groups is 1. The molecule has 5 nitrogen and oxygen atoms in total. The number of phenols is 1. The number of nitrogens with zero attached hydrogens (tertiary/aromatic N) is 1. The zero-order chi connectivity index (χ0) is 26.0. The number of ether oxygens (including phenoxy) is 1. The maximum Gasteiger partial charge on any atom is 0.416 e. The molecule has 0 aliphatic rings. The van der Waals surface area contributed by atoms with E-state index in [9.17, 15) is 36.2 Å². The predicted octanol–water partition coefficient (Wildman–Crippen LogP) is 7.51. The van der Waals surface area contributed by atoms with E-state index in [1.807, 2.05) is 0 Å². The monoisotopic (exact) mass is 624 g/mol. The van der Waals surface area contributed by atoms with Crippen LogP contribution < -0.4 is 10.2 Å². The minimum Gasteiger partial charge on any atom is -0.506 e. The maximum absolute atomic E-state index is 13.0. The van der Waals surface area contributed by atoms with Crippen molar-refractivity contribution in [3.8, 4) is 17.2 Å². The summed E-state index contributed by atoms with van der Waals surface area (Å²) in [6.07, 6.45) is -8.77. The van der Waals surface area contributed by atoms with Crippen molar-refractivity contribution in [2.24, 2.45) is 5.10 Å². The molecule has 184 valence electrons. The molecule has 0 fully saturated rings. The Labute approximate surface area is 210 Å². The molecule has 0 aliphatic carbocycles. The van der Waals surface area contributed by atoms with Crippen LogP contribution in [-0.4, -0.2) is 17.2 Å². The van der Waals surface area contributed by atoms with Gasteiger partial charge in [-0.25, -0.2) is 5.43 Å². The lowest BCUT2D eigenvalue weighted by Gasteiger charge is -2.15. The first-order valence-electron chi connectivity index (χ1n) is 9.33. The summed E-state index contributed by atoms with van der Waals surface area (Å²) in [7, 11) is 0. The van der Waals surface area contributed by atoms with Crippen molar-refractivity contribution in [3.63, 3.8) is 0 Å². The van der Waals surface area contributed by atoms with Gasteiger partial charge in [-0.1, -0.05) is 6.07 Å². The number of carbonyl (C=O) groups excluding carboxylic acids is 1. The summed E-state index contributed by atoms with van der Waals surface area (Å²) in [5.41, 5.74) is -0.325. The number of benzene rings is 3. The lowest BCUT2D eigenvalue weighted by atomic mass is 10.1. The number of phenolic OH excluding ortho intramolecular Hbond substituents is 1. The van der Waals surface area contributed by atoms with E-state index in [1.165, 1.54) is 36.5 Å². The van der Waals surface area contributed by atoms with Crippen molar-refractivity contribution in [2.45, 2.75) is 12.4 Å². The minimum atomic E-state index is -5.03. The summed E-state index contributed by atoms with van der Waals surface area (Å²) < 4.78 is 84.2. The molecule has 13 heteroatoms. The standard InChI is InChI=1S/C22H12Br2F6N2O3/c23-17-4-11(5-18(24)19(17)33)10-31-32-20(34)12-2-1-3-15(6-12)35-16-8-13(21(25,26)27)7-14(9-16)22(28,29)30/h1-10,33H,(H,32,34)/b31-10+. The first-order valence-corrected chi connectivity index (χ1v) is 10.9. The smallest absolute Gasteiger partial charge is 0.416 e. The molecule has 0 aromatic heterocycles. The molecule has 3 rings (SSSR count). The van der Waals surface area contributed by atoms with Crippen molar-refractivity contribution < 1.29 is 41.0 Å². The highest BCUT2D eigenvalue weighted by Crippen LogP contribution is 2.39. The lowest BCUT2D eigenvalue weighted by Crippen LogP contribution is -2.17. The second kappa shape index (κ2) is 10.3. The Morgan fingerprint density at radius 2 is 1.46 bits per heavy atom. The zero-order valence-corrected chi connectivity index (χ0v) is 20.2. The molecule has 0 spiro atoms. The first kappa shape index (κ1) is 26.5. The maximum atomic E-state index is 13.0. The molecule has 3 aromatic carbocycles. The van der Waals surface area contributed by atoms with Crippen molar-refractivity contribution in [2.75, 3.05) is 0 Å². The van der Waals surface area contributed by atoms with Crippen molar-refractivity contribution in [1.82, 2.24) is 5.43 Å². The highest BCUT2D eigenvalue weighted by molar-refractivity contribution is 9.11. The van der Waals surface area contributed by atoms with Crippen molar-refractivity contribution in [3.05, 3.63) is 85.8 Å². The van der Waals surface area contributed by atoms with E-state index in [1.54, 1.807) is 0 Å². The van der Waals surface area contributed by atoms with Crippen LogP contribution in [0.25, 0.3) is 0 Å². The Balaban J connectivity index is 1.79. The summed E-state index contributed by atoms with van der Waals surface area (Å²) in [5.74, 6) is -1.61. The van der Waals surface area contributed by atoms with Crippen LogP contribution in [0.5, 0.6) is 17.2 Å². The predicted molar refractivity (Wildman–Crippen MR) is 122 cm³/mol.